The summed E-state index contributed by atoms with van der Waals surface area (Å²) in [5, 5.41) is 2.67. The van der Waals surface area contributed by atoms with Gasteiger partial charge >= 0.3 is 0 Å². The summed E-state index contributed by atoms with van der Waals surface area (Å²) in [4.78, 5) is 26.8. The van der Waals surface area contributed by atoms with E-state index in [9.17, 15) is 4.79 Å². The summed E-state index contributed by atoms with van der Waals surface area (Å²) < 4.78 is 0. The van der Waals surface area contributed by atoms with E-state index in [-0.39, 0.29) is 5.91 Å². The van der Waals surface area contributed by atoms with Crippen molar-refractivity contribution in [1.29, 1.82) is 0 Å². The lowest BCUT2D eigenvalue weighted by molar-refractivity contribution is 0.102. The Morgan fingerprint density at radius 1 is 1.22 bits per heavy atom. The molecule has 3 aromatic rings. The Hall–Kier alpha value is -2.76. The van der Waals surface area contributed by atoms with E-state index >= 15 is 0 Å². The van der Waals surface area contributed by atoms with Gasteiger partial charge in [0.2, 0.25) is 5.95 Å². The van der Waals surface area contributed by atoms with Crippen molar-refractivity contribution in [1.82, 2.24) is 19.9 Å². The largest absolute Gasteiger partial charge is 0.321 e. The molecular formula is C12H9N5O. The van der Waals surface area contributed by atoms with Crippen LogP contribution in [0.25, 0.3) is 11.2 Å². The van der Waals surface area contributed by atoms with Gasteiger partial charge in [0.25, 0.3) is 5.91 Å². The Labute approximate surface area is 102 Å². The number of anilines is 1. The highest BCUT2D eigenvalue weighted by atomic mass is 16.1. The molecule has 1 aromatic carbocycles. The van der Waals surface area contributed by atoms with E-state index in [0.29, 0.717) is 22.7 Å². The molecule has 0 saturated heterocycles. The molecule has 2 N–H and O–H groups in total. The quantitative estimate of drug-likeness (QED) is 0.711. The molecule has 2 heterocycles. The zero-order valence-electron chi connectivity index (χ0n) is 9.29. The average molecular weight is 239 g/mol. The third-order valence-electron chi connectivity index (χ3n) is 2.43. The second kappa shape index (κ2) is 4.25. The molecule has 88 valence electrons. The molecule has 0 radical (unpaired) electrons. The van der Waals surface area contributed by atoms with Crippen LogP contribution in [0.2, 0.25) is 0 Å². The van der Waals surface area contributed by atoms with Gasteiger partial charge in [0, 0.05) is 5.56 Å². The molecule has 0 aliphatic heterocycles. The van der Waals surface area contributed by atoms with Gasteiger partial charge in [0.15, 0.2) is 5.65 Å². The standard InChI is InChI=1S/C12H9N5O/c18-11(8-4-2-1-3-5-8)17-12-15-9-6-13-7-14-10(9)16-12/h1-7H,(H2,13,14,15,16,17,18). The predicted octanol–water partition coefficient (Wildman–Crippen LogP) is 1.61. The zero-order valence-corrected chi connectivity index (χ0v) is 9.29. The van der Waals surface area contributed by atoms with Gasteiger partial charge in [-0.25, -0.2) is 9.97 Å². The lowest BCUT2D eigenvalue weighted by Gasteiger charge is -2.00. The second-order valence-corrected chi connectivity index (χ2v) is 3.67. The van der Waals surface area contributed by atoms with Crippen LogP contribution >= 0.6 is 0 Å². The van der Waals surface area contributed by atoms with Gasteiger partial charge in [-0.3, -0.25) is 10.1 Å². The topological polar surface area (TPSA) is 83.6 Å². The molecule has 0 saturated carbocycles. The third kappa shape index (κ3) is 1.91. The molecule has 2 aromatic heterocycles. The Bertz CT molecular complexity index is 659. The van der Waals surface area contributed by atoms with Crippen molar-refractivity contribution in [2.24, 2.45) is 0 Å². The maximum absolute atomic E-state index is 11.9. The van der Waals surface area contributed by atoms with Gasteiger partial charge in [0.05, 0.1) is 6.20 Å². The first-order valence-electron chi connectivity index (χ1n) is 5.35. The van der Waals surface area contributed by atoms with Crippen molar-refractivity contribution in [2.45, 2.75) is 0 Å². The molecule has 0 atom stereocenters. The first-order chi connectivity index (χ1) is 8.83. The normalized spacial score (nSPS) is 10.4. The maximum atomic E-state index is 11.9. The summed E-state index contributed by atoms with van der Waals surface area (Å²) in [5.41, 5.74) is 1.78. The Kier molecular flexibility index (Phi) is 2.45. The van der Waals surface area contributed by atoms with Crippen LogP contribution in [-0.2, 0) is 0 Å². The smallest absolute Gasteiger partial charge is 0.257 e. The monoisotopic (exact) mass is 239 g/mol. The molecule has 18 heavy (non-hydrogen) atoms. The van der Waals surface area contributed by atoms with Crippen LogP contribution in [0.3, 0.4) is 0 Å². The summed E-state index contributed by atoms with van der Waals surface area (Å²) in [6.45, 7) is 0. The van der Waals surface area contributed by atoms with Crippen LogP contribution in [0.15, 0.2) is 42.9 Å². The number of aromatic amines is 1. The highest BCUT2D eigenvalue weighted by Crippen LogP contribution is 2.10. The summed E-state index contributed by atoms with van der Waals surface area (Å²) in [6.07, 6.45) is 3.01. The first kappa shape index (κ1) is 10.4. The third-order valence-corrected chi connectivity index (χ3v) is 2.43. The van der Waals surface area contributed by atoms with Crippen molar-refractivity contribution in [3.63, 3.8) is 0 Å². The molecule has 6 heteroatoms. The Morgan fingerprint density at radius 3 is 2.83 bits per heavy atom. The number of H-pyrrole nitrogens is 1. The zero-order chi connectivity index (χ0) is 12.4. The van der Waals surface area contributed by atoms with Crippen LogP contribution in [0.1, 0.15) is 10.4 Å². The van der Waals surface area contributed by atoms with Crippen molar-refractivity contribution < 1.29 is 4.79 Å². The van der Waals surface area contributed by atoms with Crippen LogP contribution in [0, 0.1) is 0 Å². The molecule has 6 nitrogen and oxygen atoms in total. The minimum absolute atomic E-state index is 0.220. The number of carbonyl (C=O) groups is 1. The van der Waals surface area contributed by atoms with Gasteiger partial charge in [-0.2, -0.15) is 4.98 Å². The van der Waals surface area contributed by atoms with Crippen LogP contribution in [-0.4, -0.2) is 25.8 Å². The summed E-state index contributed by atoms with van der Waals surface area (Å²) in [7, 11) is 0. The molecule has 0 spiro atoms. The van der Waals surface area contributed by atoms with E-state index in [1.54, 1.807) is 30.5 Å². The van der Waals surface area contributed by atoms with Gasteiger partial charge in [0.1, 0.15) is 11.8 Å². The fraction of sp³-hybridized carbons (Fsp3) is 0. The molecule has 3 rings (SSSR count). The van der Waals surface area contributed by atoms with Gasteiger partial charge in [-0.1, -0.05) is 18.2 Å². The van der Waals surface area contributed by atoms with E-state index in [1.807, 2.05) is 6.07 Å². The SMILES string of the molecule is O=C(Nc1nc2ncncc2[nH]1)c1ccccc1. The van der Waals surface area contributed by atoms with Crippen molar-refractivity contribution in [3.8, 4) is 0 Å². The Morgan fingerprint density at radius 2 is 2.06 bits per heavy atom. The maximum Gasteiger partial charge on any atom is 0.257 e. The summed E-state index contributed by atoms with van der Waals surface area (Å²) >= 11 is 0. The molecule has 0 aliphatic rings. The number of fused-ring (bicyclic) bond motifs is 1. The van der Waals surface area contributed by atoms with Gasteiger partial charge < -0.3 is 4.98 Å². The number of rotatable bonds is 2. The number of hydrogen-bond donors (Lipinski definition) is 2. The fourth-order valence-corrected chi connectivity index (χ4v) is 1.59. The van der Waals surface area contributed by atoms with Crippen molar-refractivity contribution in [3.05, 3.63) is 48.4 Å². The van der Waals surface area contributed by atoms with E-state index in [4.69, 9.17) is 0 Å². The number of benzene rings is 1. The average Bonchev–Trinajstić information content (AvgIpc) is 2.82. The predicted molar refractivity (Wildman–Crippen MR) is 66.1 cm³/mol. The number of carbonyl (C=O) groups excluding carboxylic acids is 1. The van der Waals surface area contributed by atoms with Gasteiger partial charge in [-0.05, 0) is 12.1 Å². The molecule has 0 fully saturated rings. The number of nitrogens with one attached hydrogen (secondary N) is 2. The highest BCUT2D eigenvalue weighted by Gasteiger charge is 2.08. The second-order valence-electron chi connectivity index (χ2n) is 3.67. The lowest BCUT2D eigenvalue weighted by Crippen LogP contribution is -2.12. The van der Waals surface area contributed by atoms with Crippen LogP contribution < -0.4 is 5.32 Å². The number of nitrogens with zero attached hydrogens (tertiary/aromatic N) is 3. The van der Waals surface area contributed by atoms with Crippen molar-refractivity contribution >= 4 is 23.0 Å². The number of aromatic nitrogens is 4. The van der Waals surface area contributed by atoms with Crippen LogP contribution in [0.4, 0.5) is 5.95 Å². The minimum Gasteiger partial charge on any atom is -0.321 e. The lowest BCUT2D eigenvalue weighted by atomic mass is 10.2. The molecular weight excluding hydrogens is 230 g/mol. The highest BCUT2D eigenvalue weighted by molar-refractivity contribution is 6.03. The molecule has 0 aliphatic carbocycles. The minimum atomic E-state index is -0.220. The molecule has 0 unspecified atom stereocenters. The Balaban J connectivity index is 1.86. The van der Waals surface area contributed by atoms with Crippen LogP contribution in [0.5, 0.6) is 0 Å². The van der Waals surface area contributed by atoms with E-state index < -0.39 is 0 Å². The number of amides is 1. The first-order valence-corrected chi connectivity index (χ1v) is 5.35. The van der Waals surface area contributed by atoms with Gasteiger partial charge in [-0.15, -0.1) is 0 Å². The number of imidazole rings is 1. The summed E-state index contributed by atoms with van der Waals surface area (Å²) in [5.74, 6) is 0.141. The van der Waals surface area contributed by atoms with E-state index in [0.717, 1.165) is 0 Å². The van der Waals surface area contributed by atoms with E-state index in [1.165, 1.54) is 6.33 Å². The summed E-state index contributed by atoms with van der Waals surface area (Å²) in [6, 6.07) is 8.93. The molecule has 1 amide bonds. The number of hydrogen-bond acceptors (Lipinski definition) is 4. The van der Waals surface area contributed by atoms with E-state index in [2.05, 4.69) is 25.3 Å². The molecule has 0 bridgehead atoms. The fourth-order valence-electron chi connectivity index (χ4n) is 1.59. The van der Waals surface area contributed by atoms with Crippen molar-refractivity contribution in [2.75, 3.05) is 5.32 Å².